The molecule has 0 radical (unpaired) electrons. The van der Waals surface area contributed by atoms with E-state index in [2.05, 4.69) is 5.32 Å². The van der Waals surface area contributed by atoms with Crippen LogP contribution in [0.3, 0.4) is 0 Å². The number of likely N-dealkylation sites (N-methyl/N-ethyl adjacent to an activating group) is 1. The maximum Gasteiger partial charge on any atom is 0.242 e. The fourth-order valence-electron chi connectivity index (χ4n) is 3.41. The maximum absolute atomic E-state index is 13.4. The predicted molar refractivity (Wildman–Crippen MR) is 120 cm³/mol. The molecule has 0 unspecified atom stereocenters. The third-order valence-electron chi connectivity index (χ3n) is 5.08. The lowest BCUT2D eigenvalue weighted by Crippen LogP contribution is -2.50. The molecule has 0 heterocycles. The zero-order valence-electron chi connectivity index (χ0n) is 17.2. The molecule has 0 saturated carbocycles. The monoisotopic (exact) mass is 438 g/mol. The van der Waals surface area contributed by atoms with Crippen molar-refractivity contribution in [1.29, 1.82) is 0 Å². The molecule has 160 valence electrons. The molecule has 0 aliphatic heterocycles. The molecule has 0 aliphatic rings. The fourth-order valence-corrected chi connectivity index (χ4v) is 3.62. The first kappa shape index (κ1) is 22.5. The average Bonchev–Trinajstić information content (AvgIpc) is 2.79. The number of amides is 2. The minimum atomic E-state index is -0.729. The molecule has 3 aromatic carbocycles. The molecule has 0 saturated heterocycles. The van der Waals surface area contributed by atoms with E-state index in [1.165, 1.54) is 12.1 Å². The Morgan fingerprint density at radius 1 is 0.935 bits per heavy atom. The van der Waals surface area contributed by atoms with Gasteiger partial charge in [-0.25, -0.2) is 4.39 Å². The van der Waals surface area contributed by atoms with E-state index in [4.69, 9.17) is 11.6 Å². The molecule has 3 aromatic rings. The molecule has 0 aromatic heterocycles. The molecule has 31 heavy (non-hydrogen) atoms. The van der Waals surface area contributed by atoms with Crippen molar-refractivity contribution in [1.82, 2.24) is 10.2 Å². The number of nitrogens with one attached hydrogen (secondary N) is 1. The Bertz CT molecular complexity index is 1030. The standard InChI is InChI=1S/C25H24ClFN2O2/c1-28-25(31)23(15-18-7-3-2-4-8-18)29(17-19-11-13-21(27)14-12-19)24(30)16-20-9-5-6-10-22(20)26/h2-14,23H,15-17H2,1H3,(H,28,31)/t23-/m0/s1. The van der Waals surface area contributed by atoms with Gasteiger partial charge in [-0.3, -0.25) is 9.59 Å². The Morgan fingerprint density at radius 3 is 2.23 bits per heavy atom. The van der Waals surface area contributed by atoms with Crippen LogP contribution in [0.4, 0.5) is 4.39 Å². The molecule has 1 atom stereocenters. The van der Waals surface area contributed by atoms with Crippen LogP contribution in [0.1, 0.15) is 16.7 Å². The summed E-state index contributed by atoms with van der Waals surface area (Å²) in [5.41, 5.74) is 2.36. The number of hydrogen-bond acceptors (Lipinski definition) is 2. The first-order chi connectivity index (χ1) is 15.0. The van der Waals surface area contributed by atoms with Crippen LogP contribution in [0.5, 0.6) is 0 Å². The first-order valence-corrected chi connectivity index (χ1v) is 10.4. The van der Waals surface area contributed by atoms with Crippen LogP contribution in [0.2, 0.25) is 5.02 Å². The van der Waals surface area contributed by atoms with Crippen molar-refractivity contribution in [3.8, 4) is 0 Å². The second-order valence-electron chi connectivity index (χ2n) is 7.24. The number of benzene rings is 3. The van der Waals surface area contributed by atoms with Crippen molar-refractivity contribution in [3.05, 3.63) is 106 Å². The van der Waals surface area contributed by atoms with Crippen LogP contribution in [0.15, 0.2) is 78.9 Å². The maximum atomic E-state index is 13.4. The van der Waals surface area contributed by atoms with Gasteiger partial charge >= 0.3 is 0 Å². The average molecular weight is 439 g/mol. The van der Waals surface area contributed by atoms with Crippen molar-refractivity contribution >= 4 is 23.4 Å². The van der Waals surface area contributed by atoms with Gasteiger partial charge in [-0.05, 0) is 34.9 Å². The van der Waals surface area contributed by atoms with E-state index in [-0.39, 0.29) is 30.6 Å². The molecule has 4 nitrogen and oxygen atoms in total. The number of carbonyl (C=O) groups excluding carboxylic acids is 2. The SMILES string of the molecule is CNC(=O)[C@H](Cc1ccccc1)N(Cc1ccc(F)cc1)C(=O)Cc1ccccc1Cl. The van der Waals surface area contributed by atoms with Gasteiger partial charge < -0.3 is 10.2 Å². The molecule has 3 rings (SSSR count). The molecule has 6 heteroatoms. The van der Waals surface area contributed by atoms with Gasteiger partial charge in [-0.1, -0.05) is 72.3 Å². The lowest BCUT2D eigenvalue weighted by molar-refractivity contribution is -0.140. The normalized spacial score (nSPS) is 11.6. The Hall–Kier alpha value is -3.18. The van der Waals surface area contributed by atoms with Crippen LogP contribution in [-0.2, 0) is 29.0 Å². The summed E-state index contributed by atoms with van der Waals surface area (Å²) in [5.74, 6) is -0.856. The van der Waals surface area contributed by atoms with Gasteiger partial charge in [0.05, 0.1) is 6.42 Å². The summed E-state index contributed by atoms with van der Waals surface area (Å²) in [6.45, 7) is 0.175. The summed E-state index contributed by atoms with van der Waals surface area (Å²) in [5, 5.41) is 3.17. The highest BCUT2D eigenvalue weighted by molar-refractivity contribution is 6.31. The topological polar surface area (TPSA) is 49.4 Å². The smallest absolute Gasteiger partial charge is 0.242 e. The van der Waals surface area contributed by atoms with Gasteiger partial charge in [-0.15, -0.1) is 0 Å². The number of nitrogens with zero attached hydrogens (tertiary/aromatic N) is 1. The predicted octanol–water partition coefficient (Wildman–Crippen LogP) is 4.41. The zero-order valence-corrected chi connectivity index (χ0v) is 18.0. The highest BCUT2D eigenvalue weighted by atomic mass is 35.5. The van der Waals surface area contributed by atoms with Crippen molar-refractivity contribution < 1.29 is 14.0 Å². The molecule has 0 fully saturated rings. The molecule has 0 bridgehead atoms. The summed E-state index contributed by atoms with van der Waals surface area (Å²) < 4.78 is 13.4. The van der Waals surface area contributed by atoms with Gasteiger partial charge in [0, 0.05) is 25.0 Å². The molecular formula is C25H24ClFN2O2. The van der Waals surface area contributed by atoms with Gasteiger partial charge in [0.25, 0.3) is 0 Å². The quantitative estimate of drug-likeness (QED) is 0.566. The number of hydrogen-bond donors (Lipinski definition) is 1. The number of halogens is 2. The van der Waals surface area contributed by atoms with E-state index in [0.717, 1.165) is 11.1 Å². The summed E-state index contributed by atoms with van der Waals surface area (Å²) in [6.07, 6.45) is 0.416. The summed E-state index contributed by atoms with van der Waals surface area (Å²) in [6, 6.07) is 21.9. The Kier molecular flexibility index (Phi) is 7.79. The third kappa shape index (κ3) is 6.15. The second-order valence-corrected chi connectivity index (χ2v) is 7.64. The van der Waals surface area contributed by atoms with E-state index in [0.29, 0.717) is 17.0 Å². The molecule has 2 amide bonds. The highest BCUT2D eigenvalue weighted by Crippen LogP contribution is 2.20. The minimum Gasteiger partial charge on any atom is -0.357 e. The van der Waals surface area contributed by atoms with E-state index >= 15 is 0 Å². The zero-order chi connectivity index (χ0) is 22.2. The third-order valence-corrected chi connectivity index (χ3v) is 5.45. The summed E-state index contributed by atoms with van der Waals surface area (Å²) in [7, 11) is 1.55. The van der Waals surface area contributed by atoms with E-state index < -0.39 is 6.04 Å². The Labute approximate surface area is 186 Å². The largest absolute Gasteiger partial charge is 0.357 e. The van der Waals surface area contributed by atoms with Gasteiger partial charge in [0.1, 0.15) is 11.9 Å². The van der Waals surface area contributed by atoms with Crippen molar-refractivity contribution in [2.75, 3.05) is 7.05 Å². The first-order valence-electron chi connectivity index (χ1n) is 10.0. The Balaban J connectivity index is 1.94. The second kappa shape index (κ2) is 10.7. The molecular weight excluding hydrogens is 415 g/mol. The lowest BCUT2D eigenvalue weighted by Gasteiger charge is -2.31. The van der Waals surface area contributed by atoms with Crippen LogP contribution < -0.4 is 5.32 Å². The van der Waals surface area contributed by atoms with Crippen LogP contribution >= 0.6 is 11.6 Å². The molecule has 0 aliphatic carbocycles. The summed E-state index contributed by atoms with van der Waals surface area (Å²) in [4.78, 5) is 27.8. The van der Waals surface area contributed by atoms with Crippen LogP contribution in [0.25, 0.3) is 0 Å². The summed E-state index contributed by atoms with van der Waals surface area (Å²) >= 11 is 6.26. The van der Waals surface area contributed by atoms with Gasteiger partial charge in [-0.2, -0.15) is 0 Å². The van der Waals surface area contributed by atoms with Crippen LogP contribution in [0, 0.1) is 5.82 Å². The van der Waals surface area contributed by atoms with E-state index in [1.54, 1.807) is 42.3 Å². The van der Waals surface area contributed by atoms with Gasteiger partial charge in [0.2, 0.25) is 11.8 Å². The molecule has 1 N–H and O–H groups in total. The molecule has 0 spiro atoms. The van der Waals surface area contributed by atoms with Gasteiger partial charge in [0.15, 0.2) is 0 Å². The van der Waals surface area contributed by atoms with Crippen molar-refractivity contribution in [2.45, 2.75) is 25.4 Å². The van der Waals surface area contributed by atoms with E-state index in [9.17, 15) is 14.0 Å². The van der Waals surface area contributed by atoms with Crippen molar-refractivity contribution in [2.24, 2.45) is 0 Å². The van der Waals surface area contributed by atoms with E-state index in [1.807, 2.05) is 36.4 Å². The van der Waals surface area contributed by atoms with Crippen molar-refractivity contribution in [3.63, 3.8) is 0 Å². The highest BCUT2D eigenvalue weighted by Gasteiger charge is 2.30. The fraction of sp³-hybridized carbons (Fsp3) is 0.200. The Morgan fingerprint density at radius 2 is 1.58 bits per heavy atom. The van der Waals surface area contributed by atoms with Crippen LogP contribution in [-0.4, -0.2) is 29.8 Å². The number of carbonyl (C=O) groups is 2. The number of rotatable bonds is 8. The minimum absolute atomic E-state index is 0.0587. The lowest BCUT2D eigenvalue weighted by atomic mass is 10.0.